The van der Waals surface area contributed by atoms with Crippen LogP contribution in [-0.2, 0) is 6.54 Å². The van der Waals surface area contributed by atoms with E-state index in [4.69, 9.17) is 4.52 Å². The quantitative estimate of drug-likeness (QED) is 0.856. The van der Waals surface area contributed by atoms with Crippen molar-refractivity contribution in [3.8, 4) is 0 Å². The van der Waals surface area contributed by atoms with Crippen LogP contribution >= 0.6 is 0 Å². The maximum atomic E-state index is 12.7. The van der Waals surface area contributed by atoms with E-state index in [-0.39, 0.29) is 11.9 Å². The van der Waals surface area contributed by atoms with Crippen LogP contribution in [0.4, 0.5) is 0 Å². The van der Waals surface area contributed by atoms with Crippen molar-refractivity contribution >= 4 is 5.91 Å². The lowest BCUT2D eigenvalue weighted by Gasteiger charge is -2.24. The third-order valence-electron chi connectivity index (χ3n) is 3.84. The lowest BCUT2D eigenvalue weighted by Crippen LogP contribution is -2.38. The summed E-state index contributed by atoms with van der Waals surface area (Å²) in [6.07, 6.45) is 5.72. The molecule has 3 rings (SSSR count). The monoisotopic (exact) mass is 274 g/mol. The summed E-state index contributed by atoms with van der Waals surface area (Å²) in [5.74, 6) is 0.619. The Balaban J connectivity index is 1.80. The molecule has 0 saturated carbocycles. The first-order chi connectivity index (χ1) is 9.66. The largest absolute Gasteiger partial charge is 0.361 e. The van der Waals surface area contributed by atoms with E-state index < -0.39 is 0 Å². The average molecular weight is 274 g/mol. The summed E-state index contributed by atoms with van der Waals surface area (Å²) in [5, 5.41) is 8.09. The van der Waals surface area contributed by atoms with Crippen LogP contribution in [0.2, 0.25) is 0 Å². The number of aromatic nitrogens is 3. The fourth-order valence-corrected chi connectivity index (χ4v) is 2.85. The van der Waals surface area contributed by atoms with Gasteiger partial charge in [0.25, 0.3) is 5.91 Å². The van der Waals surface area contributed by atoms with Gasteiger partial charge in [-0.15, -0.1) is 0 Å². The Morgan fingerprint density at radius 3 is 3.00 bits per heavy atom. The molecular weight excluding hydrogens is 256 g/mol. The highest BCUT2D eigenvalue weighted by Crippen LogP contribution is 2.24. The van der Waals surface area contributed by atoms with Gasteiger partial charge in [0.2, 0.25) is 0 Å². The van der Waals surface area contributed by atoms with Crippen molar-refractivity contribution in [1.82, 2.24) is 19.8 Å². The van der Waals surface area contributed by atoms with Gasteiger partial charge in [0.15, 0.2) is 0 Å². The maximum Gasteiger partial charge on any atom is 0.259 e. The van der Waals surface area contributed by atoms with E-state index in [1.165, 1.54) is 0 Å². The number of rotatable bonds is 3. The van der Waals surface area contributed by atoms with Crippen LogP contribution in [0.3, 0.4) is 0 Å². The lowest BCUT2D eigenvalue weighted by atomic mass is 10.1. The predicted octanol–water partition coefficient (Wildman–Crippen LogP) is 1.79. The molecule has 0 aromatic carbocycles. The summed E-state index contributed by atoms with van der Waals surface area (Å²) in [4.78, 5) is 14.6. The van der Waals surface area contributed by atoms with Crippen molar-refractivity contribution in [1.29, 1.82) is 0 Å². The molecule has 1 fully saturated rings. The van der Waals surface area contributed by atoms with E-state index in [1.807, 2.05) is 28.8 Å². The molecule has 1 saturated heterocycles. The molecule has 0 N–H and O–H groups in total. The number of amides is 1. The molecule has 0 aliphatic carbocycles. The number of carbonyl (C=O) groups is 1. The highest BCUT2D eigenvalue weighted by atomic mass is 16.5. The summed E-state index contributed by atoms with van der Waals surface area (Å²) in [6, 6.07) is 2.09. The lowest BCUT2D eigenvalue weighted by molar-refractivity contribution is 0.0719. The molecule has 0 unspecified atom stereocenters. The van der Waals surface area contributed by atoms with Gasteiger partial charge in [-0.1, -0.05) is 5.16 Å². The highest BCUT2D eigenvalue weighted by Gasteiger charge is 2.32. The number of carbonyl (C=O) groups excluding carboxylic acids is 1. The fourth-order valence-electron chi connectivity index (χ4n) is 2.85. The van der Waals surface area contributed by atoms with E-state index in [0.29, 0.717) is 17.0 Å². The standard InChI is InChI=1S/C14H18N4O2/c1-10-13(11(2)20-16-10)14(19)18-8-3-5-12(18)9-17-7-4-6-15-17/h4,6-7,12H,3,5,8-9H2,1-2H3/t12-/m1/s1. The van der Waals surface area contributed by atoms with Crippen LogP contribution in [0.15, 0.2) is 23.0 Å². The summed E-state index contributed by atoms with van der Waals surface area (Å²) < 4.78 is 6.98. The molecule has 2 aromatic heterocycles. The molecule has 3 heterocycles. The van der Waals surface area contributed by atoms with Crippen molar-refractivity contribution < 1.29 is 9.32 Å². The average Bonchev–Trinajstić information content (AvgIpc) is 3.13. The van der Waals surface area contributed by atoms with Crippen molar-refractivity contribution in [2.24, 2.45) is 0 Å². The number of likely N-dealkylation sites (tertiary alicyclic amines) is 1. The second kappa shape index (κ2) is 5.11. The third kappa shape index (κ3) is 2.21. The van der Waals surface area contributed by atoms with E-state index in [2.05, 4.69) is 10.3 Å². The van der Waals surface area contributed by atoms with Crippen molar-refractivity contribution in [3.63, 3.8) is 0 Å². The molecule has 1 amide bonds. The first-order valence-electron chi connectivity index (χ1n) is 6.88. The second-order valence-corrected chi connectivity index (χ2v) is 5.22. The van der Waals surface area contributed by atoms with Gasteiger partial charge in [-0.3, -0.25) is 9.48 Å². The Morgan fingerprint density at radius 2 is 2.35 bits per heavy atom. The minimum absolute atomic E-state index is 0.0240. The zero-order valence-corrected chi connectivity index (χ0v) is 11.7. The van der Waals surface area contributed by atoms with Crippen molar-refractivity contribution in [2.45, 2.75) is 39.3 Å². The molecule has 106 valence electrons. The van der Waals surface area contributed by atoms with Gasteiger partial charge in [0.1, 0.15) is 11.3 Å². The van der Waals surface area contributed by atoms with E-state index in [1.54, 1.807) is 13.1 Å². The first-order valence-corrected chi connectivity index (χ1v) is 6.88. The number of hydrogen-bond donors (Lipinski definition) is 0. The van der Waals surface area contributed by atoms with Gasteiger partial charge in [-0.2, -0.15) is 5.10 Å². The molecule has 1 atom stereocenters. The van der Waals surface area contributed by atoms with Gasteiger partial charge in [0, 0.05) is 18.9 Å². The zero-order valence-electron chi connectivity index (χ0n) is 11.7. The molecule has 2 aromatic rings. The summed E-state index contributed by atoms with van der Waals surface area (Å²) in [7, 11) is 0. The molecule has 0 spiro atoms. The number of aryl methyl sites for hydroxylation is 2. The van der Waals surface area contributed by atoms with Crippen LogP contribution in [0.1, 0.15) is 34.7 Å². The molecule has 0 bridgehead atoms. The topological polar surface area (TPSA) is 64.2 Å². The molecule has 6 heteroatoms. The van der Waals surface area contributed by atoms with E-state index in [0.717, 1.165) is 25.9 Å². The minimum atomic E-state index is 0.0240. The smallest absolute Gasteiger partial charge is 0.259 e. The number of hydrogen-bond acceptors (Lipinski definition) is 4. The van der Waals surface area contributed by atoms with Crippen molar-refractivity contribution in [3.05, 3.63) is 35.5 Å². The molecule has 0 radical (unpaired) electrons. The van der Waals surface area contributed by atoms with E-state index >= 15 is 0 Å². The Morgan fingerprint density at radius 1 is 1.50 bits per heavy atom. The minimum Gasteiger partial charge on any atom is -0.361 e. The van der Waals surface area contributed by atoms with Gasteiger partial charge < -0.3 is 9.42 Å². The Kier molecular flexibility index (Phi) is 3.30. The molecule has 6 nitrogen and oxygen atoms in total. The predicted molar refractivity (Wildman–Crippen MR) is 72.3 cm³/mol. The third-order valence-corrected chi connectivity index (χ3v) is 3.84. The van der Waals surface area contributed by atoms with Crippen LogP contribution in [-0.4, -0.2) is 38.3 Å². The zero-order chi connectivity index (χ0) is 14.1. The van der Waals surface area contributed by atoms with Crippen LogP contribution in [0, 0.1) is 13.8 Å². The van der Waals surface area contributed by atoms with Gasteiger partial charge in [0.05, 0.1) is 18.3 Å². The SMILES string of the molecule is Cc1noc(C)c1C(=O)N1CCC[C@@H]1Cn1cccn1. The fraction of sp³-hybridized carbons (Fsp3) is 0.500. The van der Waals surface area contributed by atoms with Crippen LogP contribution < -0.4 is 0 Å². The molecular formula is C14H18N4O2. The summed E-state index contributed by atoms with van der Waals surface area (Å²) in [5.41, 5.74) is 1.27. The van der Waals surface area contributed by atoms with Gasteiger partial charge in [-0.05, 0) is 32.8 Å². The summed E-state index contributed by atoms with van der Waals surface area (Å²) in [6.45, 7) is 5.12. The first kappa shape index (κ1) is 12.9. The number of nitrogens with zero attached hydrogens (tertiary/aromatic N) is 4. The molecule has 1 aliphatic heterocycles. The normalized spacial score (nSPS) is 18.7. The Hall–Kier alpha value is -2.11. The second-order valence-electron chi connectivity index (χ2n) is 5.22. The highest BCUT2D eigenvalue weighted by molar-refractivity contribution is 5.96. The Bertz CT molecular complexity index is 583. The maximum absolute atomic E-state index is 12.7. The van der Waals surface area contributed by atoms with E-state index in [9.17, 15) is 4.79 Å². The van der Waals surface area contributed by atoms with Crippen molar-refractivity contribution in [2.75, 3.05) is 6.54 Å². The molecule has 20 heavy (non-hydrogen) atoms. The van der Waals surface area contributed by atoms with Crippen LogP contribution in [0.5, 0.6) is 0 Å². The van der Waals surface area contributed by atoms with Crippen LogP contribution in [0.25, 0.3) is 0 Å². The molecule has 1 aliphatic rings. The van der Waals surface area contributed by atoms with Gasteiger partial charge in [-0.25, -0.2) is 0 Å². The summed E-state index contributed by atoms with van der Waals surface area (Å²) >= 11 is 0. The van der Waals surface area contributed by atoms with Gasteiger partial charge >= 0.3 is 0 Å². The Labute approximate surface area is 117 Å².